The highest BCUT2D eigenvalue weighted by atomic mass is 32.2. The van der Waals surface area contributed by atoms with E-state index in [-0.39, 0.29) is 17.5 Å². The zero-order valence-corrected chi connectivity index (χ0v) is 16.4. The van der Waals surface area contributed by atoms with E-state index in [0.29, 0.717) is 24.6 Å². The van der Waals surface area contributed by atoms with Crippen LogP contribution in [-0.2, 0) is 16.4 Å². The Morgan fingerprint density at radius 1 is 1.50 bits per heavy atom. The Balaban J connectivity index is 2.11. The van der Waals surface area contributed by atoms with Gasteiger partial charge in [-0.3, -0.25) is 4.68 Å². The maximum atomic E-state index is 11.7. The van der Waals surface area contributed by atoms with Gasteiger partial charge in [-0.2, -0.15) is 5.10 Å². The van der Waals surface area contributed by atoms with Crippen molar-refractivity contribution in [1.29, 1.82) is 0 Å². The number of aromatic nitrogens is 2. The lowest BCUT2D eigenvalue weighted by Gasteiger charge is -2.21. The van der Waals surface area contributed by atoms with Crippen molar-refractivity contribution < 1.29 is 8.42 Å². The van der Waals surface area contributed by atoms with Gasteiger partial charge < -0.3 is 10.2 Å². The third kappa shape index (κ3) is 4.36. The molecule has 0 spiro atoms. The summed E-state index contributed by atoms with van der Waals surface area (Å²) in [4.78, 5) is 1.96. The van der Waals surface area contributed by atoms with Crippen molar-refractivity contribution in [1.82, 2.24) is 20.0 Å². The van der Waals surface area contributed by atoms with Gasteiger partial charge in [0.1, 0.15) is 0 Å². The first-order valence-electron chi connectivity index (χ1n) is 7.99. The topological polar surface area (TPSA) is 67.2 Å². The highest BCUT2D eigenvalue weighted by molar-refractivity contribution is 7.91. The predicted octanol–water partition coefficient (Wildman–Crippen LogP) is 1.74. The molecule has 0 bridgehead atoms. The van der Waals surface area contributed by atoms with Crippen molar-refractivity contribution in [3.05, 3.63) is 29.1 Å². The summed E-state index contributed by atoms with van der Waals surface area (Å²) >= 11 is 5.39. The molecule has 6 nitrogen and oxygen atoms in total. The van der Waals surface area contributed by atoms with E-state index in [4.69, 9.17) is 12.2 Å². The van der Waals surface area contributed by atoms with E-state index in [9.17, 15) is 8.42 Å². The number of hydrogen-bond acceptors (Lipinski definition) is 4. The molecule has 24 heavy (non-hydrogen) atoms. The minimum atomic E-state index is -2.93. The van der Waals surface area contributed by atoms with Crippen LogP contribution in [0.2, 0.25) is 0 Å². The smallest absolute Gasteiger partial charge is 0.169 e. The fourth-order valence-corrected chi connectivity index (χ4v) is 4.75. The highest BCUT2D eigenvalue weighted by Crippen LogP contribution is 2.27. The van der Waals surface area contributed by atoms with Gasteiger partial charge in [-0.1, -0.05) is 12.2 Å². The molecule has 1 aliphatic heterocycles. The lowest BCUT2D eigenvalue weighted by molar-refractivity contribution is 0.475. The van der Waals surface area contributed by atoms with Crippen molar-refractivity contribution in [2.24, 2.45) is 0 Å². The Kier molecular flexibility index (Phi) is 5.70. The summed E-state index contributed by atoms with van der Waals surface area (Å²) in [5, 5.41) is 8.42. The van der Waals surface area contributed by atoms with E-state index in [1.807, 2.05) is 37.4 Å². The molecule has 0 saturated carbocycles. The number of hydrogen-bond donors (Lipinski definition) is 1. The summed E-state index contributed by atoms with van der Waals surface area (Å²) in [5.41, 5.74) is 4.06. The molecular formula is C16H26N4O2S2. The van der Waals surface area contributed by atoms with Crippen molar-refractivity contribution in [3.63, 3.8) is 0 Å². The Labute approximate surface area is 149 Å². The molecule has 0 radical (unpaired) electrons. The number of nitrogens with zero attached hydrogens (tertiary/aromatic N) is 3. The van der Waals surface area contributed by atoms with Crippen molar-refractivity contribution in [2.75, 3.05) is 25.1 Å². The second kappa shape index (κ2) is 7.23. The molecule has 0 amide bonds. The molecule has 1 aromatic rings. The molecule has 1 aliphatic rings. The van der Waals surface area contributed by atoms with Crippen LogP contribution in [0.5, 0.6) is 0 Å². The van der Waals surface area contributed by atoms with E-state index >= 15 is 0 Å². The van der Waals surface area contributed by atoms with E-state index in [0.717, 1.165) is 22.5 Å². The van der Waals surface area contributed by atoms with E-state index in [1.165, 1.54) is 0 Å². The summed E-state index contributed by atoms with van der Waals surface area (Å²) in [6.07, 6.45) is 0.637. The molecule has 1 saturated heterocycles. The minimum Gasteiger partial charge on any atom is -0.359 e. The summed E-state index contributed by atoms with van der Waals surface area (Å²) in [6, 6.07) is -0.0544. The fourth-order valence-electron chi connectivity index (χ4n) is 2.92. The van der Waals surface area contributed by atoms with E-state index < -0.39 is 9.84 Å². The number of rotatable bonds is 5. The van der Waals surface area contributed by atoms with Crippen LogP contribution >= 0.6 is 12.2 Å². The first kappa shape index (κ1) is 18.9. The maximum Gasteiger partial charge on any atom is 0.169 e. The Morgan fingerprint density at radius 2 is 2.17 bits per heavy atom. The normalized spacial score (nSPS) is 19.2. The Bertz CT molecular complexity index is 752. The quantitative estimate of drug-likeness (QED) is 0.629. The first-order valence-corrected chi connectivity index (χ1v) is 10.2. The standard InChI is InChI=1S/C16H26N4O2S2/c1-11(2)8-17-16(23)19(5)9-15-12(3)18-20(13(15)4)14-6-7-24(21,22)10-14/h14H,1,6-10H2,2-5H3,(H,17,23)/t14-/m0/s1. The summed E-state index contributed by atoms with van der Waals surface area (Å²) in [7, 11) is -0.992. The van der Waals surface area contributed by atoms with Gasteiger partial charge >= 0.3 is 0 Å². The summed E-state index contributed by atoms with van der Waals surface area (Å²) in [6.45, 7) is 11.1. The molecule has 0 aliphatic carbocycles. The van der Waals surface area contributed by atoms with Crippen LogP contribution in [0.3, 0.4) is 0 Å². The summed E-state index contributed by atoms with van der Waals surface area (Å²) < 4.78 is 25.3. The van der Waals surface area contributed by atoms with Gasteiger partial charge in [-0.25, -0.2) is 8.42 Å². The van der Waals surface area contributed by atoms with Crippen molar-refractivity contribution in [2.45, 2.75) is 39.8 Å². The van der Waals surface area contributed by atoms with Gasteiger partial charge in [0.2, 0.25) is 0 Å². The lowest BCUT2D eigenvalue weighted by Crippen LogP contribution is -2.37. The molecule has 1 fully saturated rings. The molecule has 2 heterocycles. The van der Waals surface area contributed by atoms with E-state index in [1.54, 1.807) is 0 Å². The third-order valence-electron chi connectivity index (χ3n) is 4.31. The van der Waals surface area contributed by atoms with Crippen LogP contribution < -0.4 is 5.32 Å². The predicted molar refractivity (Wildman–Crippen MR) is 101 cm³/mol. The van der Waals surface area contributed by atoms with Crippen LogP contribution in [0.1, 0.15) is 36.3 Å². The SMILES string of the molecule is C=C(C)CNC(=S)N(C)Cc1c(C)nn([C@H]2CCS(=O)(=O)C2)c1C. The molecule has 1 atom stereocenters. The second-order valence-electron chi connectivity index (χ2n) is 6.62. The fraction of sp³-hybridized carbons (Fsp3) is 0.625. The summed E-state index contributed by atoms with van der Waals surface area (Å²) in [5.74, 6) is 0.434. The Morgan fingerprint density at radius 3 is 2.71 bits per heavy atom. The van der Waals surface area contributed by atoms with Gasteiger partial charge in [-0.05, 0) is 39.4 Å². The number of thiocarbonyl (C=S) groups is 1. The van der Waals surface area contributed by atoms with Crippen LogP contribution in [0.4, 0.5) is 0 Å². The van der Waals surface area contributed by atoms with Gasteiger partial charge in [0.15, 0.2) is 14.9 Å². The number of nitrogens with one attached hydrogen (secondary N) is 1. The van der Waals surface area contributed by atoms with Crippen LogP contribution in [0.15, 0.2) is 12.2 Å². The lowest BCUT2D eigenvalue weighted by atomic mass is 10.2. The van der Waals surface area contributed by atoms with Gasteiger partial charge in [-0.15, -0.1) is 0 Å². The number of aryl methyl sites for hydroxylation is 1. The molecule has 134 valence electrons. The second-order valence-corrected chi connectivity index (χ2v) is 9.24. The first-order chi connectivity index (χ1) is 11.1. The molecule has 8 heteroatoms. The average Bonchev–Trinajstić information content (AvgIpc) is 2.98. The molecule has 2 rings (SSSR count). The maximum absolute atomic E-state index is 11.7. The largest absolute Gasteiger partial charge is 0.359 e. The van der Waals surface area contributed by atoms with Crippen LogP contribution in [0, 0.1) is 13.8 Å². The Hall–Kier alpha value is -1.41. The number of sulfone groups is 1. The van der Waals surface area contributed by atoms with Crippen molar-refractivity contribution >= 4 is 27.2 Å². The third-order valence-corrected chi connectivity index (χ3v) is 6.52. The molecular weight excluding hydrogens is 344 g/mol. The zero-order chi connectivity index (χ0) is 18.1. The van der Waals surface area contributed by atoms with Gasteiger partial charge in [0, 0.05) is 31.4 Å². The monoisotopic (exact) mass is 370 g/mol. The van der Waals surface area contributed by atoms with Gasteiger partial charge in [0.05, 0.1) is 23.2 Å². The zero-order valence-electron chi connectivity index (χ0n) is 14.8. The van der Waals surface area contributed by atoms with Crippen LogP contribution in [-0.4, -0.2) is 53.3 Å². The highest BCUT2D eigenvalue weighted by Gasteiger charge is 2.31. The van der Waals surface area contributed by atoms with Gasteiger partial charge in [0.25, 0.3) is 0 Å². The van der Waals surface area contributed by atoms with Crippen molar-refractivity contribution in [3.8, 4) is 0 Å². The molecule has 1 N–H and O–H groups in total. The molecule has 1 aromatic heterocycles. The average molecular weight is 371 g/mol. The minimum absolute atomic E-state index is 0.0544. The van der Waals surface area contributed by atoms with E-state index in [2.05, 4.69) is 17.0 Å². The van der Waals surface area contributed by atoms with Crippen LogP contribution in [0.25, 0.3) is 0 Å². The molecule has 0 unspecified atom stereocenters. The molecule has 0 aromatic carbocycles.